The van der Waals surface area contributed by atoms with E-state index in [1.165, 1.54) is 0 Å². The molecule has 2 saturated heterocycles. The van der Waals surface area contributed by atoms with Gasteiger partial charge in [-0.2, -0.15) is 0 Å². The van der Waals surface area contributed by atoms with Gasteiger partial charge in [0.05, 0.1) is 12.5 Å². The van der Waals surface area contributed by atoms with E-state index in [4.69, 9.17) is 4.74 Å². The van der Waals surface area contributed by atoms with Crippen molar-refractivity contribution in [2.24, 2.45) is 5.92 Å². The van der Waals surface area contributed by atoms with Gasteiger partial charge in [-0.05, 0) is 12.8 Å². The predicted octanol–water partition coefficient (Wildman–Crippen LogP) is -0.630. The van der Waals surface area contributed by atoms with E-state index in [1.807, 2.05) is 0 Å². The van der Waals surface area contributed by atoms with Crippen molar-refractivity contribution in [3.63, 3.8) is 0 Å². The Hall–Kier alpha value is -1.10. The largest absolute Gasteiger partial charge is 0.381 e. The van der Waals surface area contributed by atoms with Crippen LogP contribution in [0.2, 0.25) is 0 Å². The van der Waals surface area contributed by atoms with E-state index < -0.39 is 0 Å². The summed E-state index contributed by atoms with van der Waals surface area (Å²) in [5.41, 5.74) is 0. The SMILES string of the molecule is O=CN1CCC(NC(=O)C2CCOC2)C1. The molecule has 2 fully saturated rings. The van der Waals surface area contributed by atoms with Gasteiger partial charge >= 0.3 is 0 Å². The lowest BCUT2D eigenvalue weighted by Gasteiger charge is -2.15. The third kappa shape index (κ3) is 2.47. The molecule has 0 aliphatic carbocycles. The number of amides is 2. The van der Waals surface area contributed by atoms with Gasteiger partial charge in [-0.25, -0.2) is 0 Å². The van der Waals surface area contributed by atoms with Crippen LogP contribution >= 0.6 is 0 Å². The normalized spacial score (nSPS) is 30.5. The van der Waals surface area contributed by atoms with Crippen LogP contribution in [0.4, 0.5) is 0 Å². The lowest BCUT2D eigenvalue weighted by Crippen LogP contribution is -2.40. The molecule has 0 spiro atoms. The highest BCUT2D eigenvalue weighted by Crippen LogP contribution is 2.14. The molecule has 2 heterocycles. The van der Waals surface area contributed by atoms with Crippen molar-refractivity contribution < 1.29 is 14.3 Å². The lowest BCUT2D eigenvalue weighted by atomic mass is 10.1. The zero-order valence-electron chi connectivity index (χ0n) is 8.65. The first-order valence-corrected chi connectivity index (χ1v) is 5.37. The summed E-state index contributed by atoms with van der Waals surface area (Å²) in [4.78, 5) is 23.9. The summed E-state index contributed by atoms with van der Waals surface area (Å²) >= 11 is 0. The first-order valence-electron chi connectivity index (χ1n) is 5.37. The second-order valence-corrected chi connectivity index (χ2v) is 4.16. The van der Waals surface area contributed by atoms with E-state index >= 15 is 0 Å². The fraction of sp³-hybridized carbons (Fsp3) is 0.800. The number of rotatable bonds is 3. The van der Waals surface area contributed by atoms with E-state index in [-0.39, 0.29) is 17.9 Å². The van der Waals surface area contributed by atoms with Gasteiger partial charge in [0.25, 0.3) is 0 Å². The lowest BCUT2D eigenvalue weighted by molar-refractivity contribution is -0.126. The molecule has 0 aromatic heterocycles. The topological polar surface area (TPSA) is 58.6 Å². The molecule has 5 nitrogen and oxygen atoms in total. The Bertz CT molecular complexity index is 251. The summed E-state index contributed by atoms with van der Waals surface area (Å²) in [6.45, 7) is 2.61. The third-order valence-electron chi connectivity index (χ3n) is 3.02. The minimum atomic E-state index is 0.00952. The van der Waals surface area contributed by atoms with E-state index in [0.717, 1.165) is 25.8 Å². The molecular formula is C10H16N2O3. The molecule has 0 aromatic rings. The second kappa shape index (κ2) is 4.61. The van der Waals surface area contributed by atoms with E-state index in [2.05, 4.69) is 5.32 Å². The molecule has 5 heteroatoms. The van der Waals surface area contributed by atoms with Gasteiger partial charge in [-0.15, -0.1) is 0 Å². The van der Waals surface area contributed by atoms with Crippen molar-refractivity contribution in [1.29, 1.82) is 0 Å². The zero-order chi connectivity index (χ0) is 10.7. The first-order chi connectivity index (χ1) is 7.29. The van der Waals surface area contributed by atoms with Crippen LogP contribution in [0.1, 0.15) is 12.8 Å². The second-order valence-electron chi connectivity index (χ2n) is 4.16. The maximum Gasteiger partial charge on any atom is 0.225 e. The van der Waals surface area contributed by atoms with Crippen LogP contribution in [0.3, 0.4) is 0 Å². The number of hydrogen-bond acceptors (Lipinski definition) is 3. The van der Waals surface area contributed by atoms with Gasteiger partial charge in [0.2, 0.25) is 12.3 Å². The molecule has 2 rings (SSSR count). The number of carbonyl (C=O) groups excluding carboxylic acids is 2. The summed E-state index contributed by atoms with van der Waals surface area (Å²) in [5.74, 6) is 0.0838. The van der Waals surface area contributed by atoms with Gasteiger partial charge in [0.1, 0.15) is 0 Å². The molecule has 2 amide bonds. The van der Waals surface area contributed by atoms with Crippen LogP contribution in [0, 0.1) is 5.92 Å². The van der Waals surface area contributed by atoms with Crippen LogP contribution in [0.5, 0.6) is 0 Å². The third-order valence-corrected chi connectivity index (χ3v) is 3.02. The van der Waals surface area contributed by atoms with Gasteiger partial charge in [-0.3, -0.25) is 9.59 Å². The molecule has 1 N–H and O–H groups in total. The fourth-order valence-electron chi connectivity index (χ4n) is 2.06. The molecule has 0 saturated carbocycles. The Morgan fingerprint density at radius 2 is 2.33 bits per heavy atom. The molecule has 2 aliphatic heterocycles. The van der Waals surface area contributed by atoms with Gasteiger partial charge in [0.15, 0.2) is 0 Å². The van der Waals surface area contributed by atoms with Crippen LogP contribution in [0.15, 0.2) is 0 Å². The average molecular weight is 212 g/mol. The molecule has 0 aromatic carbocycles. The summed E-state index contributed by atoms with van der Waals surface area (Å²) in [6.07, 6.45) is 2.51. The quantitative estimate of drug-likeness (QED) is 0.634. The standard InChI is InChI=1S/C10H16N2O3/c13-7-12-3-1-9(5-12)11-10(14)8-2-4-15-6-8/h7-9H,1-6H2,(H,11,14). The number of hydrogen-bond donors (Lipinski definition) is 1. The monoisotopic (exact) mass is 212 g/mol. The molecule has 15 heavy (non-hydrogen) atoms. The van der Waals surface area contributed by atoms with Gasteiger partial charge in [-0.1, -0.05) is 0 Å². The molecule has 84 valence electrons. The van der Waals surface area contributed by atoms with Crippen molar-refractivity contribution in [1.82, 2.24) is 10.2 Å². The highest BCUT2D eigenvalue weighted by atomic mass is 16.5. The number of carbonyl (C=O) groups is 2. The van der Waals surface area contributed by atoms with Gasteiger partial charge < -0.3 is 15.0 Å². The van der Waals surface area contributed by atoms with Crippen molar-refractivity contribution in [3.05, 3.63) is 0 Å². The molecule has 0 bridgehead atoms. The van der Waals surface area contributed by atoms with Crippen LogP contribution in [-0.2, 0) is 14.3 Å². The molecule has 2 unspecified atom stereocenters. The predicted molar refractivity (Wildman–Crippen MR) is 53.1 cm³/mol. The number of ether oxygens (including phenoxy) is 1. The Morgan fingerprint density at radius 1 is 1.47 bits per heavy atom. The minimum Gasteiger partial charge on any atom is -0.381 e. The highest BCUT2D eigenvalue weighted by Gasteiger charge is 2.28. The van der Waals surface area contributed by atoms with Crippen LogP contribution < -0.4 is 5.32 Å². The molecular weight excluding hydrogens is 196 g/mol. The Labute approximate surface area is 88.8 Å². The smallest absolute Gasteiger partial charge is 0.225 e. The van der Waals surface area contributed by atoms with E-state index in [0.29, 0.717) is 19.8 Å². The summed E-state index contributed by atoms with van der Waals surface area (Å²) in [7, 11) is 0. The average Bonchev–Trinajstić information content (AvgIpc) is 2.87. The van der Waals surface area contributed by atoms with E-state index in [9.17, 15) is 9.59 Å². The van der Waals surface area contributed by atoms with Crippen molar-refractivity contribution >= 4 is 12.3 Å². The minimum absolute atomic E-state index is 0.00952. The number of likely N-dealkylation sites (tertiary alicyclic amines) is 1. The van der Waals surface area contributed by atoms with Gasteiger partial charge in [0, 0.05) is 25.7 Å². The Balaban J connectivity index is 1.77. The highest BCUT2D eigenvalue weighted by molar-refractivity contribution is 5.79. The number of nitrogens with zero attached hydrogens (tertiary/aromatic N) is 1. The maximum absolute atomic E-state index is 11.7. The van der Waals surface area contributed by atoms with Crippen molar-refractivity contribution in [2.75, 3.05) is 26.3 Å². The molecule has 2 atom stereocenters. The van der Waals surface area contributed by atoms with Crippen LogP contribution in [0.25, 0.3) is 0 Å². The summed E-state index contributed by atoms with van der Waals surface area (Å²) in [5, 5.41) is 2.97. The number of nitrogens with one attached hydrogen (secondary N) is 1. The van der Waals surface area contributed by atoms with Crippen molar-refractivity contribution in [2.45, 2.75) is 18.9 Å². The Morgan fingerprint density at radius 3 is 2.93 bits per heavy atom. The van der Waals surface area contributed by atoms with Crippen LogP contribution in [-0.4, -0.2) is 49.6 Å². The molecule has 0 radical (unpaired) electrons. The fourth-order valence-corrected chi connectivity index (χ4v) is 2.06. The Kier molecular flexibility index (Phi) is 3.20. The summed E-state index contributed by atoms with van der Waals surface area (Å²) in [6, 6.07) is 0.128. The maximum atomic E-state index is 11.7. The first kappa shape index (κ1) is 10.4. The molecule has 2 aliphatic rings. The summed E-state index contributed by atoms with van der Waals surface area (Å²) < 4.78 is 5.16. The van der Waals surface area contributed by atoms with E-state index in [1.54, 1.807) is 4.90 Å². The van der Waals surface area contributed by atoms with Crippen molar-refractivity contribution in [3.8, 4) is 0 Å². The zero-order valence-corrected chi connectivity index (χ0v) is 8.65.